The van der Waals surface area contributed by atoms with Crippen molar-refractivity contribution < 1.29 is 69.2 Å². The fraction of sp³-hybridized carbons (Fsp3) is 0.600. The van der Waals surface area contributed by atoms with Gasteiger partial charge in [-0.3, -0.25) is 0 Å². The molecular formula is C90H138NdO6P3. The van der Waals surface area contributed by atoms with Crippen molar-refractivity contribution in [1.82, 2.24) is 0 Å². The SMILES string of the molecule is CCCCCCCCCc1ccc(P(=O)([O-])c2ccc(CCCCCCCCC)cc2)cc1.CCCCCCCCCc1ccc(P(=O)([O-])c2ccc(CCCCCCCCC)cc2)cc1.CCCCCCCCCc1ccc(P(=O)([O-])c2ccc(CCCCCCCCC)cc2)cc1.[Nd+3]. The van der Waals surface area contributed by atoms with Crippen molar-refractivity contribution in [2.75, 3.05) is 0 Å². The second-order valence-electron chi connectivity index (χ2n) is 28.9. The molecule has 0 saturated carbocycles. The average Bonchev–Trinajstić information content (AvgIpc) is 0.822. The molecule has 0 aliphatic rings. The molecule has 0 unspecified atom stereocenters. The number of hydrogen-bond acceptors (Lipinski definition) is 6. The number of unbranched alkanes of at least 4 members (excludes halogenated alkanes) is 36. The van der Waals surface area contributed by atoms with E-state index >= 15 is 0 Å². The van der Waals surface area contributed by atoms with Crippen LogP contribution in [-0.2, 0) is 52.2 Å². The van der Waals surface area contributed by atoms with Crippen LogP contribution in [0.3, 0.4) is 0 Å². The summed E-state index contributed by atoms with van der Waals surface area (Å²) in [5.74, 6) is 0. The van der Waals surface area contributed by atoms with Gasteiger partial charge in [-0.1, -0.05) is 418 Å². The Labute approximate surface area is 646 Å². The molecule has 0 aromatic heterocycles. The molecule has 0 amide bonds. The van der Waals surface area contributed by atoms with Crippen LogP contribution in [0.4, 0.5) is 0 Å². The Kier molecular flexibility index (Phi) is 52.6. The molecule has 10 heteroatoms. The van der Waals surface area contributed by atoms with E-state index in [0.717, 1.165) is 38.5 Å². The molecule has 0 aliphatic carbocycles. The Hall–Kier alpha value is -2.76. The molecule has 0 N–H and O–H groups in total. The summed E-state index contributed by atoms with van der Waals surface area (Å²) < 4.78 is 39.2. The molecule has 100 heavy (non-hydrogen) atoms. The first-order valence-electron chi connectivity index (χ1n) is 40.7. The zero-order valence-corrected chi connectivity index (χ0v) is 70.0. The molecule has 0 spiro atoms. The molecule has 0 heterocycles. The fourth-order valence-electron chi connectivity index (χ4n) is 13.3. The van der Waals surface area contributed by atoms with E-state index in [0.29, 0.717) is 31.8 Å². The Balaban J connectivity index is 0.000000388. The third-order valence-electron chi connectivity index (χ3n) is 20.1. The number of hydrogen-bond donors (Lipinski definition) is 0. The van der Waals surface area contributed by atoms with Gasteiger partial charge in [0.1, 0.15) is 0 Å². The predicted molar refractivity (Wildman–Crippen MR) is 429 cm³/mol. The van der Waals surface area contributed by atoms with Crippen molar-refractivity contribution in [3.8, 4) is 0 Å². The predicted octanol–water partition coefficient (Wildman–Crippen LogP) is 23.6. The van der Waals surface area contributed by atoms with Crippen molar-refractivity contribution in [3.05, 3.63) is 179 Å². The fourth-order valence-corrected chi connectivity index (χ4v) is 17.5. The summed E-state index contributed by atoms with van der Waals surface area (Å²) in [6.45, 7) is 13.5. The van der Waals surface area contributed by atoms with E-state index < -0.39 is 22.1 Å². The second-order valence-corrected chi connectivity index (χ2v) is 35.3. The molecule has 0 aliphatic heterocycles. The normalized spacial score (nSPS) is 11.6. The zero-order valence-electron chi connectivity index (χ0n) is 64.1. The Morgan fingerprint density at radius 3 is 0.390 bits per heavy atom. The van der Waals surface area contributed by atoms with Crippen LogP contribution in [0, 0.1) is 40.8 Å². The van der Waals surface area contributed by atoms with Gasteiger partial charge in [0.15, 0.2) is 0 Å². The van der Waals surface area contributed by atoms with Gasteiger partial charge in [0, 0.05) is 31.8 Å². The van der Waals surface area contributed by atoms with Gasteiger partial charge < -0.3 is 28.4 Å². The van der Waals surface area contributed by atoms with E-state index in [2.05, 4.69) is 41.5 Å². The number of benzene rings is 6. The van der Waals surface area contributed by atoms with Crippen molar-refractivity contribution in [1.29, 1.82) is 0 Å². The first-order valence-corrected chi connectivity index (χ1v) is 45.6. The molecule has 0 fully saturated rings. The van der Waals surface area contributed by atoms with Crippen LogP contribution < -0.4 is 46.5 Å². The summed E-state index contributed by atoms with van der Waals surface area (Å²) in [7, 11) is -11.3. The third kappa shape index (κ3) is 39.0. The van der Waals surface area contributed by atoms with Crippen LogP contribution >= 0.6 is 22.1 Å². The van der Waals surface area contributed by atoms with E-state index in [1.54, 1.807) is 72.8 Å². The summed E-state index contributed by atoms with van der Waals surface area (Å²) in [5, 5.41) is 2.53. The van der Waals surface area contributed by atoms with Gasteiger partial charge in [-0.15, -0.1) is 0 Å². The topological polar surface area (TPSA) is 120 Å². The van der Waals surface area contributed by atoms with Crippen molar-refractivity contribution in [2.24, 2.45) is 0 Å². The number of aryl methyl sites for hydroxylation is 6. The summed E-state index contributed by atoms with van der Waals surface area (Å²) in [6, 6.07) is 45.4. The maximum Gasteiger partial charge on any atom is 3.00 e. The minimum Gasteiger partial charge on any atom is -0.793 e. The van der Waals surface area contributed by atoms with Crippen LogP contribution in [0.1, 0.15) is 345 Å². The van der Waals surface area contributed by atoms with Gasteiger partial charge in [0.2, 0.25) is 0 Å². The first-order chi connectivity index (χ1) is 48.2. The monoisotopic (exact) mass is 1550 g/mol. The molecule has 553 valence electrons. The van der Waals surface area contributed by atoms with Crippen LogP contribution in [0.25, 0.3) is 0 Å². The molecule has 0 saturated heterocycles. The van der Waals surface area contributed by atoms with Crippen LogP contribution in [0.5, 0.6) is 0 Å². The van der Waals surface area contributed by atoms with Crippen molar-refractivity contribution in [3.63, 3.8) is 0 Å². The molecule has 6 aromatic carbocycles. The van der Waals surface area contributed by atoms with E-state index in [4.69, 9.17) is 0 Å². The molecule has 0 atom stereocenters. The summed E-state index contributed by atoms with van der Waals surface area (Å²) in [6.07, 6.45) is 60.6. The molecule has 0 bridgehead atoms. The maximum absolute atomic E-state index is 13.1. The minimum atomic E-state index is -3.78. The van der Waals surface area contributed by atoms with Crippen molar-refractivity contribution >= 4 is 53.9 Å². The van der Waals surface area contributed by atoms with Gasteiger partial charge >= 0.3 is 40.8 Å². The third-order valence-corrected chi connectivity index (χ3v) is 25.9. The zero-order chi connectivity index (χ0) is 71.3. The standard InChI is InChI=1S/3C30H47O2P.Nd/c3*1-3-5-7-9-11-13-15-17-27-19-23-29(24-20-27)33(31,32)30-25-21-28(22-26-30)18-16-14-12-10-8-6-4-2;/h3*19-26H,3-18H2,1-2H3,(H,31,32);/q;;;+3/p-3. The van der Waals surface area contributed by atoms with E-state index in [-0.39, 0.29) is 40.8 Å². The van der Waals surface area contributed by atoms with E-state index in [1.807, 2.05) is 72.8 Å². The summed E-state index contributed by atoms with van der Waals surface area (Å²) in [4.78, 5) is 39.2. The van der Waals surface area contributed by atoms with Crippen LogP contribution in [-0.4, -0.2) is 0 Å². The van der Waals surface area contributed by atoms with Gasteiger partial charge in [0.25, 0.3) is 0 Å². The van der Waals surface area contributed by atoms with Crippen LogP contribution in [0.15, 0.2) is 146 Å². The van der Waals surface area contributed by atoms with E-state index in [1.165, 1.54) is 303 Å². The Bertz CT molecular complexity index is 2530. The second kappa shape index (κ2) is 57.5. The summed E-state index contributed by atoms with van der Waals surface area (Å²) >= 11 is 0. The molecule has 6 aromatic rings. The van der Waals surface area contributed by atoms with Crippen molar-refractivity contribution in [2.45, 2.75) is 350 Å². The molecule has 6 nitrogen and oxygen atoms in total. The molecule has 1 radical (unpaired) electrons. The van der Waals surface area contributed by atoms with Gasteiger partial charge in [-0.25, -0.2) is 0 Å². The molecule has 6 rings (SSSR count). The first kappa shape index (κ1) is 91.5. The largest absolute Gasteiger partial charge is 3.00 e. The van der Waals surface area contributed by atoms with Gasteiger partial charge in [-0.2, -0.15) is 0 Å². The quantitative estimate of drug-likeness (QED) is 0.0277. The molecular weight excluding hydrogens is 1410 g/mol. The van der Waals surface area contributed by atoms with E-state index in [9.17, 15) is 28.4 Å². The Morgan fingerprint density at radius 2 is 0.280 bits per heavy atom. The summed E-state index contributed by atoms with van der Waals surface area (Å²) in [5.41, 5.74) is 7.40. The average molecular weight is 1550 g/mol. The minimum absolute atomic E-state index is 0. The van der Waals surface area contributed by atoms with Crippen LogP contribution in [0.2, 0.25) is 0 Å². The van der Waals surface area contributed by atoms with Gasteiger partial charge in [0.05, 0.1) is 22.1 Å². The maximum atomic E-state index is 13.1. The number of rotatable bonds is 54. The van der Waals surface area contributed by atoms with Gasteiger partial charge in [-0.05, 0) is 110 Å². The smallest absolute Gasteiger partial charge is 0.793 e. The Morgan fingerprint density at radius 1 is 0.180 bits per heavy atom.